The van der Waals surface area contributed by atoms with Crippen LogP contribution in [0.25, 0.3) is 0 Å². The van der Waals surface area contributed by atoms with Crippen LogP contribution < -0.4 is 0 Å². The van der Waals surface area contributed by atoms with Crippen molar-refractivity contribution in [2.24, 2.45) is 5.41 Å². The molecule has 2 heteroatoms. The van der Waals surface area contributed by atoms with Crippen molar-refractivity contribution < 1.29 is 9.53 Å². The van der Waals surface area contributed by atoms with Crippen LogP contribution in [0.1, 0.15) is 37.7 Å². The van der Waals surface area contributed by atoms with Gasteiger partial charge in [-0.3, -0.25) is 4.79 Å². The molecule has 0 unspecified atom stereocenters. The van der Waals surface area contributed by atoms with E-state index in [0.29, 0.717) is 0 Å². The minimum Gasteiger partial charge on any atom is -0.469 e. The first-order chi connectivity index (χ1) is 8.27. The highest BCUT2D eigenvalue weighted by Gasteiger charge is 2.41. The van der Waals surface area contributed by atoms with Gasteiger partial charge in [0.15, 0.2) is 0 Å². The van der Waals surface area contributed by atoms with Gasteiger partial charge in [-0.1, -0.05) is 43.2 Å². The molecule has 0 atom stereocenters. The summed E-state index contributed by atoms with van der Waals surface area (Å²) < 4.78 is 4.99. The molecule has 0 bridgehead atoms. The highest BCUT2D eigenvalue weighted by Crippen LogP contribution is 2.42. The Balaban J connectivity index is 2.02. The van der Waals surface area contributed by atoms with Gasteiger partial charge < -0.3 is 4.74 Å². The van der Waals surface area contributed by atoms with Crippen LogP contribution in [0.15, 0.2) is 30.3 Å². The molecular weight excluding hydrogens is 212 g/mol. The Hall–Kier alpha value is -1.31. The fourth-order valence-electron chi connectivity index (χ4n) is 2.85. The number of rotatable bonds is 4. The van der Waals surface area contributed by atoms with E-state index in [1.54, 1.807) is 0 Å². The third kappa shape index (κ3) is 2.68. The number of hydrogen-bond donors (Lipinski definition) is 0. The zero-order valence-electron chi connectivity index (χ0n) is 10.4. The van der Waals surface area contributed by atoms with Gasteiger partial charge in [0.05, 0.1) is 12.5 Å². The lowest BCUT2D eigenvalue weighted by atomic mass is 9.80. The molecule has 0 aliphatic heterocycles. The smallest absolute Gasteiger partial charge is 0.311 e. The fraction of sp³-hybridized carbons (Fsp3) is 0.533. The predicted octanol–water partition coefficient (Wildman–Crippen LogP) is 3.35. The van der Waals surface area contributed by atoms with Crippen LogP contribution in [0.2, 0.25) is 0 Å². The quantitative estimate of drug-likeness (QED) is 0.744. The molecule has 0 saturated heterocycles. The van der Waals surface area contributed by atoms with E-state index in [9.17, 15) is 4.79 Å². The lowest BCUT2D eigenvalue weighted by Gasteiger charge is -2.25. The van der Waals surface area contributed by atoms with Gasteiger partial charge in [-0.25, -0.2) is 0 Å². The van der Waals surface area contributed by atoms with E-state index in [4.69, 9.17) is 4.74 Å². The third-order valence-electron chi connectivity index (χ3n) is 3.91. The summed E-state index contributed by atoms with van der Waals surface area (Å²) in [7, 11) is 1.50. The first-order valence-electron chi connectivity index (χ1n) is 6.39. The van der Waals surface area contributed by atoms with E-state index in [1.807, 2.05) is 6.07 Å². The van der Waals surface area contributed by atoms with Crippen molar-refractivity contribution in [2.75, 3.05) is 7.11 Å². The lowest BCUT2D eigenvalue weighted by molar-refractivity contribution is -0.152. The van der Waals surface area contributed by atoms with Crippen LogP contribution in [0, 0.1) is 5.41 Å². The Labute approximate surface area is 103 Å². The number of ether oxygens (including phenoxy) is 1. The number of methoxy groups -OCH3 is 1. The van der Waals surface area contributed by atoms with E-state index in [0.717, 1.165) is 38.5 Å². The summed E-state index contributed by atoms with van der Waals surface area (Å²) in [5, 5.41) is 0. The van der Waals surface area contributed by atoms with Gasteiger partial charge >= 0.3 is 5.97 Å². The Kier molecular flexibility index (Phi) is 3.82. The SMILES string of the molecule is COC(=O)C1(CCc2ccccc2)CCCC1. The van der Waals surface area contributed by atoms with E-state index in [2.05, 4.69) is 24.3 Å². The third-order valence-corrected chi connectivity index (χ3v) is 3.91. The summed E-state index contributed by atoms with van der Waals surface area (Å²) in [6, 6.07) is 10.4. The molecular formula is C15H20O2. The second-order valence-corrected chi connectivity index (χ2v) is 4.96. The molecule has 2 nitrogen and oxygen atoms in total. The van der Waals surface area contributed by atoms with Crippen LogP contribution in [0.5, 0.6) is 0 Å². The van der Waals surface area contributed by atoms with E-state index in [1.165, 1.54) is 12.7 Å². The molecule has 1 aliphatic rings. The Morgan fingerprint density at radius 2 is 1.88 bits per heavy atom. The highest BCUT2D eigenvalue weighted by molar-refractivity contribution is 5.77. The van der Waals surface area contributed by atoms with Crippen LogP contribution in [-0.2, 0) is 16.0 Å². The summed E-state index contributed by atoms with van der Waals surface area (Å²) in [5.41, 5.74) is 1.10. The van der Waals surface area contributed by atoms with E-state index >= 15 is 0 Å². The molecule has 0 spiro atoms. The topological polar surface area (TPSA) is 26.3 Å². The van der Waals surface area contributed by atoms with Crippen molar-refractivity contribution in [1.29, 1.82) is 0 Å². The summed E-state index contributed by atoms with van der Waals surface area (Å²) in [6.45, 7) is 0. The van der Waals surface area contributed by atoms with Crippen molar-refractivity contribution in [3.05, 3.63) is 35.9 Å². The predicted molar refractivity (Wildman–Crippen MR) is 67.7 cm³/mol. The van der Waals surface area contributed by atoms with E-state index in [-0.39, 0.29) is 11.4 Å². The second-order valence-electron chi connectivity index (χ2n) is 4.96. The summed E-state index contributed by atoms with van der Waals surface area (Å²) in [4.78, 5) is 11.9. The maximum absolute atomic E-state index is 11.9. The zero-order chi connectivity index (χ0) is 12.1. The number of carbonyl (C=O) groups excluding carboxylic acids is 1. The maximum atomic E-state index is 11.9. The van der Waals surface area contributed by atoms with Gasteiger partial charge in [-0.15, -0.1) is 0 Å². The number of aryl methyl sites for hydroxylation is 1. The van der Waals surface area contributed by atoms with Crippen molar-refractivity contribution >= 4 is 5.97 Å². The molecule has 2 rings (SSSR count). The molecule has 0 amide bonds. The fourth-order valence-corrected chi connectivity index (χ4v) is 2.85. The molecule has 0 aromatic heterocycles. The molecule has 1 aromatic carbocycles. The van der Waals surface area contributed by atoms with Crippen molar-refractivity contribution in [3.63, 3.8) is 0 Å². The number of benzene rings is 1. The Morgan fingerprint density at radius 1 is 1.24 bits per heavy atom. The van der Waals surface area contributed by atoms with Gasteiger partial charge in [-0.05, 0) is 31.2 Å². The molecule has 1 saturated carbocycles. The average molecular weight is 232 g/mol. The van der Waals surface area contributed by atoms with Crippen LogP contribution in [0.4, 0.5) is 0 Å². The Bertz CT molecular complexity index is 364. The van der Waals surface area contributed by atoms with Gasteiger partial charge in [-0.2, -0.15) is 0 Å². The van der Waals surface area contributed by atoms with Crippen LogP contribution >= 0.6 is 0 Å². The lowest BCUT2D eigenvalue weighted by Crippen LogP contribution is -2.29. The maximum Gasteiger partial charge on any atom is 0.311 e. The van der Waals surface area contributed by atoms with Gasteiger partial charge in [0.1, 0.15) is 0 Å². The number of hydrogen-bond acceptors (Lipinski definition) is 2. The molecule has 17 heavy (non-hydrogen) atoms. The van der Waals surface area contributed by atoms with Gasteiger partial charge in [0.25, 0.3) is 0 Å². The molecule has 1 aliphatic carbocycles. The first kappa shape index (κ1) is 12.2. The Morgan fingerprint density at radius 3 is 2.47 bits per heavy atom. The molecule has 0 heterocycles. The van der Waals surface area contributed by atoms with Crippen LogP contribution in [-0.4, -0.2) is 13.1 Å². The molecule has 92 valence electrons. The molecule has 1 aromatic rings. The van der Waals surface area contributed by atoms with Crippen LogP contribution in [0.3, 0.4) is 0 Å². The summed E-state index contributed by atoms with van der Waals surface area (Å²) >= 11 is 0. The monoisotopic (exact) mass is 232 g/mol. The van der Waals surface area contributed by atoms with Crippen molar-refractivity contribution in [1.82, 2.24) is 0 Å². The first-order valence-corrected chi connectivity index (χ1v) is 6.39. The average Bonchev–Trinajstić information content (AvgIpc) is 2.87. The highest BCUT2D eigenvalue weighted by atomic mass is 16.5. The zero-order valence-corrected chi connectivity index (χ0v) is 10.4. The minimum absolute atomic E-state index is 0.00840. The number of esters is 1. The molecule has 0 N–H and O–H groups in total. The minimum atomic E-state index is -0.204. The number of carbonyl (C=O) groups is 1. The molecule has 0 radical (unpaired) electrons. The van der Waals surface area contributed by atoms with E-state index < -0.39 is 0 Å². The largest absolute Gasteiger partial charge is 0.469 e. The van der Waals surface area contributed by atoms with Gasteiger partial charge in [0, 0.05) is 0 Å². The van der Waals surface area contributed by atoms with Crippen molar-refractivity contribution in [3.8, 4) is 0 Å². The summed E-state index contributed by atoms with van der Waals surface area (Å²) in [6.07, 6.45) is 6.19. The summed E-state index contributed by atoms with van der Waals surface area (Å²) in [5.74, 6) is -0.00840. The molecule has 1 fully saturated rings. The van der Waals surface area contributed by atoms with Crippen molar-refractivity contribution in [2.45, 2.75) is 38.5 Å². The normalized spacial score (nSPS) is 17.9. The van der Waals surface area contributed by atoms with Gasteiger partial charge in [0.2, 0.25) is 0 Å². The second kappa shape index (κ2) is 5.35. The standard InChI is InChI=1S/C15H20O2/c1-17-14(16)15(10-5-6-11-15)12-9-13-7-3-2-4-8-13/h2-4,7-8H,5-6,9-12H2,1H3.